The number of hydrogen-bond donors (Lipinski definition) is 2. The minimum absolute atomic E-state index is 0.764. The van der Waals surface area contributed by atoms with Crippen molar-refractivity contribution in [3.05, 3.63) is 0 Å². The van der Waals surface area contributed by atoms with Crippen LogP contribution in [0.3, 0.4) is 0 Å². The maximum Gasteiger partial charge on any atom is 0.0957 e. The molecule has 0 spiro atoms. The lowest BCUT2D eigenvalue weighted by atomic mass is 9.83. The van der Waals surface area contributed by atoms with E-state index < -0.39 is 0 Å². The van der Waals surface area contributed by atoms with Gasteiger partial charge in [-0.2, -0.15) is 0 Å². The molecule has 0 aromatic rings. The molecular weight excluding hydrogens is 267 g/mol. The van der Waals surface area contributed by atoms with Crippen LogP contribution in [-0.4, -0.2) is 50.5 Å². The molecule has 2 heterocycles. The van der Waals surface area contributed by atoms with Crippen LogP contribution in [0, 0.1) is 5.92 Å². The maximum absolute atomic E-state index is 5.92. The molecule has 106 valence electrons. The molecular formula is C14H28Cl2N2+2. The van der Waals surface area contributed by atoms with Crippen molar-refractivity contribution in [3.63, 3.8) is 0 Å². The van der Waals surface area contributed by atoms with E-state index in [-0.39, 0.29) is 0 Å². The van der Waals surface area contributed by atoms with Crippen LogP contribution in [-0.2, 0) is 0 Å². The minimum Gasteiger partial charge on any atom is -0.333 e. The molecule has 1 unspecified atom stereocenters. The highest BCUT2D eigenvalue weighted by molar-refractivity contribution is 6.18. The van der Waals surface area contributed by atoms with Crippen molar-refractivity contribution in [2.45, 2.75) is 38.1 Å². The zero-order valence-corrected chi connectivity index (χ0v) is 12.9. The largest absolute Gasteiger partial charge is 0.333 e. The summed E-state index contributed by atoms with van der Waals surface area (Å²) in [7, 11) is 0. The molecule has 2 N–H and O–H groups in total. The Morgan fingerprint density at radius 2 is 1.67 bits per heavy atom. The topological polar surface area (TPSA) is 8.88 Å². The molecule has 0 aliphatic carbocycles. The Hall–Kier alpha value is 0.500. The zero-order chi connectivity index (χ0) is 12.8. The van der Waals surface area contributed by atoms with Gasteiger partial charge in [0.25, 0.3) is 0 Å². The van der Waals surface area contributed by atoms with Crippen molar-refractivity contribution in [2.75, 3.05) is 44.5 Å². The van der Waals surface area contributed by atoms with Crippen molar-refractivity contribution < 1.29 is 9.80 Å². The van der Waals surface area contributed by atoms with Crippen LogP contribution in [0.1, 0.15) is 32.1 Å². The quantitative estimate of drug-likeness (QED) is 0.648. The smallest absolute Gasteiger partial charge is 0.0957 e. The highest BCUT2D eigenvalue weighted by atomic mass is 35.5. The molecule has 0 aromatic heterocycles. The van der Waals surface area contributed by atoms with E-state index in [0.29, 0.717) is 0 Å². The standard InChI is InChI=1S/C14H26Cl2N2/c15-6-10-17(11-7-16)12-13-4-3-9-18-8-2-1-5-14(13)18/h13-14H,1-12H2/p+2/t13-,14-/m0/s1. The van der Waals surface area contributed by atoms with E-state index in [9.17, 15) is 0 Å². The molecule has 2 fully saturated rings. The highest BCUT2D eigenvalue weighted by Crippen LogP contribution is 2.18. The van der Waals surface area contributed by atoms with Crippen LogP contribution in [0.25, 0.3) is 0 Å². The molecule has 0 amide bonds. The number of alkyl halides is 2. The van der Waals surface area contributed by atoms with E-state index in [1.165, 1.54) is 51.7 Å². The second-order valence-electron chi connectivity index (χ2n) is 5.99. The molecule has 18 heavy (non-hydrogen) atoms. The summed E-state index contributed by atoms with van der Waals surface area (Å²) in [6, 6.07) is 0.938. The summed E-state index contributed by atoms with van der Waals surface area (Å²) < 4.78 is 0. The number of piperidine rings is 2. The molecule has 2 nitrogen and oxygen atoms in total. The van der Waals surface area contributed by atoms with Crippen LogP contribution < -0.4 is 9.80 Å². The Balaban J connectivity index is 1.88. The van der Waals surface area contributed by atoms with Crippen molar-refractivity contribution in [3.8, 4) is 0 Å². The Morgan fingerprint density at radius 1 is 0.944 bits per heavy atom. The molecule has 2 rings (SSSR count). The van der Waals surface area contributed by atoms with E-state index in [2.05, 4.69) is 0 Å². The van der Waals surface area contributed by atoms with Gasteiger partial charge in [-0.25, -0.2) is 0 Å². The molecule has 0 radical (unpaired) electrons. The molecule has 2 aliphatic rings. The number of fused-ring (bicyclic) bond motifs is 1. The van der Waals surface area contributed by atoms with Crippen LogP contribution >= 0.6 is 23.2 Å². The lowest BCUT2D eigenvalue weighted by molar-refractivity contribution is -0.952. The van der Waals surface area contributed by atoms with Gasteiger partial charge in [0.15, 0.2) is 0 Å². The number of quaternary nitrogens is 2. The van der Waals surface area contributed by atoms with Crippen LogP contribution in [0.15, 0.2) is 0 Å². The van der Waals surface area contributed by atoms with Crippen LogP contribution in [0.4, 0.5) is 0 Å². The molecule has 2 saturated heterocycles. The van der Waals surface area contributed by atoms with Gasteiger partial charge in [-0.05, 0) is 25.7 Å². The Labute approximate surface area is 122 Å². The first kappa shape index (κ1) is 14.9. The van der Waals surface area contributed by atoms with E-state index in [1.807, 2.05) is 4.90 Å². The third-order valence-corrected chi connectivity index (χ3v) is 5.25. The van der Waals surface area contributed by atoms with Gasteiger partial charge >= 0.3 is 0 Å². The first-order chi connectivity index (χ1) is 8.85. The lowest BCUT2D eigenvalue weighted by Gasteiger charge is -2.41. The van der Waals surface area contributed by atoms with Gasteiger partial charge in [0, 0.05) is 6.42 Å². The molecule has 4 heteroatoms. The van der Waals surface area contributed by atoms with Gasteiger partial charge in [0.1, 0.15) is 0 Å². The van der Waals surface area contributed by atoms with Crippen molar-refractivity contribution in [1.29, 1.82) is 0 Å². The van der Waals surface area contributed by atoms with E-state index in [1.54, 1.807) is 4.90 Å². The molecule has 0 saturated carbocycles. The Bertz CT molecular complexity index is 230. The second-order valence-corrected chi connectivity index (χ2v) is 6.75. The van der Waals surface area contributed by atoms with Crippen molar-refractivity contribution in [1.82, 2.24) is 0 Å². The summed E-state index contributed by atoms with van der Waals surface area (Å²) >= 11 is 11.8. The number of halogens is 2. The number of nitrogens with one attached hydrogen (secondary N) is 2. The highest BCUT2D eigenvalue weighted by Gasteiger charge is 2.38. The predicted octanol–water partition coefficient (Wildman–Crippen LogP) is 0.196. The molecule has 3 atom stereocenters. The first-order valence-electron chi connectivity index (χ1n) is 7.65. The molecule has 0 bridgehead atoms. The average molecular weight is 295 g/mol. The predicted molar refractivity (Wildman–Crippen MR) is 78.1 cm³/mol. The number of hydrogen-bond acceptors (Lipinski definition) is 0. The molecule has 0 aromatic carbocycles. The van der Waals surface area contributed by atoms with Gasteiger partial charge in [-0.3, -0.25) is 0 Å². The second kappa shape index (κ2) is 7.94. The minimum atomic E-state index is 0.764. The summed E-state index contributed by atoms with van der Waals surface area (Å²) in [6.07, 6.45) is 7.20. The van der Waals surface area contributed by atoms with Crippen LogP contribution in [0.2, 0.25) is 0 Å². The van der Waals surface area contributed by atoms with Crippen LogP contribution in [0.5, 0.6) is 0 Å². The van der Waals surface area contributed by atoms with Crippen molar-refractivity contribution >= 4 is 23.2 Å². The fourth-order valence-electron chi connectivity index (χ4n) is 3.99. The Kier molecular flexibility index (Phi) is 6.57. The Morgan fingerprint density at radius 3 is 2.39 bits per heavy atom. The SMILES string of the molecule is ClCC[NH+](CCCl)C[C@@H]1CCC[NH+]2CCCC[C@@H]12. The van der Waals surface area contributed by atoms with E-state index in [4.69, 9.17) is 23.2 Å². The summed E-state index contributed by atoms with van der Waals surface area (Å²) in [5.74, 6) is 2.44. The fraction of sp³-hybridized carbons (Fsp3) is 1.00. The van der Waals surface area contributed by atoms with E-state index in [0.717, 1.165) is 36.8 Å². The summed E-state index contributed by atoms with van der Waals surface area (Å²) in [5, 5.41) is 0. The molecule has 2 aliphatic heterocycles. The summed E-state index contributed by atoms with van der Waals surface area (Å²) in [4.78, 5) is 3.52. The lowest BCUT2D eigenvalue weighted by Crippen LogP contribution is -3.20. The van der Waals surface area contributed by atoms with Crippen molar-refractivity contribution in [2.24, 2.45) is 5.92 Å². The zero-order valence-electron chi connectivity index (χ0n) is 11.4. The van der Waals surface area contributed by atoms with Gasteiger partial charge in [-0.15, -0.1) is 23.2 Å². The van der Waals surface area contributed by atoms with Gasteiger partial charge in [0.05, 0.1) is 56.4 Å². The van der Waals surface area contributed by atoms with Gasteiger partial charge < -0.3 is 9.80 Å². The third-order valence-electron chi connectivity index (χ3n) is 4.88. The van der Waals surface area contributed by atoms with E-state index >= 15 is 0 Å². The van der Waals surface area contributed by atoms with Gasteiger partial charge in [0.2, 0.25) is 0 Å². The fourth-order valence-corrected chi connectivity index (χ4v) is 4.52. The van der Waals surface area contributed by atoms with Gasteiger partial charge in [-0.1, -0.05) is 0 Å². The monoisotopic (exact) mass is 294 g/mol. The first-order valence-corrected chi connectivity index (χ1v) is 8.72. The summed E-state index contributed by atoms with van der Waals surface area (Å²) in [5.41, 5.74) is 0. The number of rotatable bonds is 6. The maximum atomic E-state index is 5.92. The third kappa shape index (κ3) is 4.00. The summed E-state index contributed by atoms with van der Waals surface area (Å²) in [6.45, 7) is 6.29. The average Bonchev–Trinajstić information content (AvgIpc) is 2.40. The normalized spacial score (nSPS) is 32.5.